The van der Waals surface area contributed by atoms with Gasteiger partial charge in [0.05, 0.1) is 6.42 Å². The van der Waals surface area contributed by atoms with E-state index in [1.165, 1.54) is 29.6 Å². The first-order valence-electron chi connectivity index (χ1n) is 8.02. The molecule has 0 aliphatic carbocycles. The van der Waals surface area contributed by atoms with E-state index in [1.54, 1.807) is 24.3 Å². The van der Waals surface area contributed by atoms with Gasteiger partial charge in [-0.05, 0) is 60.1 Å². The van der Waals surface area contributed by atoms with Crippen LogP contribution in [0.2, 0.25) is 0 Å². The first kappa shape index (κ1) is 16.6. The molecular formula is C19H20N2O2S. The number of carbonyl (C=O) groups is 2. The van der Waals surface area contributed by atoms with Crippen molar-refractivity contribution in [2.75, 3.05) is 16.4 Å². The average Bonchev–Trinajstić information content (AvgIpc) is 2.56. The lowest BCUT2D eigenvalue weighted by atomic mass is 10.0. The molecule has 0 saturated heterocycles. The van der Waals surface area contributed by atoms with Gasteiger partial charge in [-0.25, -0.2) is 0 Å². The second-order valence-corrected chi connectivity index (χ2v) is 7.01. The Morgan fingerprint density at radius 2 is 1.75 bits per heavy atom. The highest BCUT2D eigenvalue weighted by molar-refractivity contribution is 7.99. The Bertz CT molecular complexity index is 756. The number of anilines is 2. The largest absolute Gasteiger partial charge is 0.326 e. The average molecular weight is 340 g/mol. The predicted octanol–water partition coefficient (Wildman–Crippen LogP) is 3.86. The van der Waals surface area contributed by atoms with Gasteiger partial charge >= 0.3 is 0 Å². The van der Waals surface area contributed by atoms with Crippen LogP contribution in [0.25, 0.3) is 0 Å². The van der Waals surface area contributed by atoms with Gasteiger partial charge in [-0.15, -0.1) is 11.8 Å². The summed E-state index contributed by atoms with van der Waals surface area (Å²) in [5.74, 6) is 1.03. The molecule has 3 rings (SSSR count). The minimum absolute atomic E-state index is 0.0364. The number of benzene rings is 2. The molecule has 2 N–H and O–H groups in total. The third kappa shape index (κ3) is 4.38. The van der Waals surface area contributed by atoms with E-state index >= 15 is 0 Å². The van der Waals surface area contributed by atoms with Crippen molar-refractivity contribution in [2.24, 2.45) is 0 Å². The van der Waals surface area contributed by atoms with E-state index in [0.29, 0.717) is 12.1 Å². The maximum absolute atomic E-state index is 12.2. The standard InChI is InChI=1S/C19H20N2O2S/c1-13(22)20-16-5-7-17(8-6-16)21-19(23)12-14-4-9-18-15(11-14)3-2-10-24-18/h4-9,11H,2-3,10,12H2,1H3,(H,20,22)(H,21,23). The molecule has 1 aliphatic heterocycles. The number of amides is 2. The van der Waals surface area contributed by atoms with Crippen LogP contribution in [0.5, 0.6) is 0 Å². The molecule has 24 heavy (non-hydrogen) atoms. The van der Waals surface area contributed by atoms with Crippen LogP contribution in [0.1, 0.15) is 24.5 Å². The number of thioether (sulfide) groups is 1. The molecule has 1 heterocycles. The van der Waals surface area contributed by atoms with Crippen molar-refractivity contribution in [1.82, 2.24) is 0 Å². The third-order valence-corrected chi connectivity index (χ3v) is 5.03. The Kier molecular flexibility index (Phi) is 5.20. The summed E-state index contributed by atoms with van der Waals surface area (Å²) >= 11 is 1.89. The summed E-state index contributed by atoms with van der Waals surface area (Å²) in [4.78, 5) is 24.6. The minimum atomic E-state index is -0.114. The molecule has 2 amide bonds. The van der Waals surface area contributed by atoms with E-state index in [4.69, 9.17) is 0 Å². The van der Waals surface area contributed by atoms with E-state index in [0.717, 1.165) is 17.7 Å². The Labute approximate surface area is 146 Å². The Hall–Kier alpha value is -2.27. The van der Waals surface area contributed by atoms with Crippen molar-refractivity contribution < 1.29 is 9.59 Å². The summed E-state index contributed by atoms with van der Waals surface area (Å²) in [5.41, 5.74) is 3.84. The second-order valence-electron chi connectivity index (χ2n) is 5.88. The quantitative estimate of drug-likeness (QED) is 0.888. The van der Waals surface area contributed by atoms with Gasteiger partial charge in [-0.1, -0.05) is 12.1 Å². The number of fused-ring (bicyclic) bond motifs is 1. The zero-order valence-corrected chi connectivity index (χ0v) is 14.4. The van der Waals surface area contributed by atoms with Crippen LogP contribution < -0.4 is 10.6 Å². The highest BCUT2D eigenvalue weighted by Gasteiger charge is 2.11. The van der Waals surface area contributed by atoms with E-state index in [1.807, 2.05) is 17.8 Å². The lowest BCUT2D eigenvalue weighted by Crippen LogP contribution is -2.15. The molecule has 0 saturated carbocycles. The molecule has 0 spiro atoms. The molecule has 1 aliphatic rings. The van der Waals surface area contributed by atoms with Gasteiger partial charge in [-0.2, -0.15) is 0 Å². The summed E-state index contributed by atoms with van der Waals surface area (Å²) in [6, 6.07) is 13.4. The fourth-order valence-corrected chi connectivity index (χ4v) is 3.77. The number of hydrogen-bond donors (Lipinski definition) is 2. The van der Waals surface area contributed by atoms with Gasteiger partial charge in [-0.3, -0.25) is 9.59 Å². The third-order valence-electron chi connectivity index (χ3n) is 3.83. The van der Waals surface area contributed by atoms with Crippen LogP contribution >= 0.6 is 11.8 Å². The van der Waals surface area contributed by atoms with Gasteiger partial charge in [0.15, 0.2) is 0 Å². The molecule has 5 heteroatoms. The predicted molar refractivity (Wildman–Crippen MR) is 98.6 cm³/mol. The number of carbonyl (C=O) groups excluding carboxylic acids is 2. The van der Waals surface area contributed by atoms with E-state index in [9.17, 15) is 9.59 Å². The summed E-state index contributed by atoms with van der Waals surface area (Å²) in [5, 5.41) is 5.59. The number of aryl methyl sites for hydroxylation is 1. The smallest absolute Gasteiger partial charge is 0.228 e. The minimum Gasteiger partial charge on any atom is -0.326 e. The van der Waals surface area contributed by atoms with E-state index in [2.05, 4.69) is 22.8 Å². The lowest BCUT2D eigenvalue weighted by Gasteiger charge is -2.16. The van der Waals surface area contributed by atoms with E-state index < -0.39 is 0 Å². The SMILES string of the molecule is CC(=O)Nc1ccc(NC(=O)Cc2ccc3c(c2)CCCS3)cc1. The molecule has 0 bridgehead atoms. The molecule has 0 atom stereocenters. The molecule has 4 nitrogen and oxygen atoms in total. The molecular weight excluding hydrogens is 320 g/mol. The van der Waals surface area contributed by atoms with Crippen molar-refractivity contribution in [3.63, 3.8) is 0 Å². The van der Waals surface area contributed by atoms with Crippen molar-refractivity contribution in [2.45, 2.75) is 31.1 Å². The fraction of sp³-hybridized carbons (Fsp3) is 0.263. The van der Waals surface area contributed by atoms with Crippen LogP contribution in [0.3, 0.4) is 0 Å². The first-order chi connectivity index (χ1) is 11.6. The fourth-order valence-electron chi connectivity index (χ4n) is 2.75. The Balaban J connectivity index is 1.60. The van der Waals surface area contributed by atoms with Gasteiger partial charge in [0, 0.05) is 23.2 Å². The normalized spacial score (nSPS) is 13.0. The zero-order valence-electron chi connectivity index (χ0n) is 13.6. The van der Waals surface area contributed by atoms with Crippen molar-refractivity contribution in [3.05, 3.63) is 53.6 Å². The van der Waals surface area contributed by atoms with Gasteiger partial charge in [0.25, 0.3) is 0 Å². The summed E-state index contributed by atoms with van der Waals surface area (Å²) in [7, 11) is 0. The lowest BCUT2D eigenvalue weighted by molar-refractivity contribution is -0.116. The summed E-state index contributed by atoms with van der Waals surface area (Å²) in [6.07, 6.45) is 2.67. The monoisotopic (exact) mass is 340 g/mol. The Morgan fingerprint density at radius 1 is 1.04 bits per heavy atom. The molecule has 0 aromatic heterocycles. The van der Waals surface area contributed by atoms with Crippen LogP contribution in [0.15, 0.2) is 47.4 Å². The van der Waals surface area contributed by atoms with Crippen LogP contribution in [-0.2, 0) is 22.4 Å². The highest BCUT2D eigenvalue weighted by atomic mass is 32.2. The van der Waals surface area contributed by atoms with Crippen LogP contribution in [0.4, 0.5) is 11.4 Å². The topological polar surface area (TPSA) is 58.2 Å². The second kappa shape index (κ2) is 7.53. The maximum Gasteiger partial charge on any atom is 0.228 e. The molecule has 124 valence electrons. The summed E-state index contributed by atoms with van der Waals surface area (Å²) < 4.78 is 0. The number of nitrogens with one attached hydrogen (secondary N) is 2. The maximum atomic E-state index is 12.2. The van der Waals surface area contributed by atoms with Crippen molar-refractivity contribution in [3.8, 4) is 0 Å². The Morgan fingerprint density at radius 3 is 2.46 bits per heavy atom. The van der Waals surface area contributed by atoms with Gasteiger partial charge in [0.1, 0.15) is 0 Å². The first-order valence-corrected chi connectivity index (χ1v) is 9.01. The van der Waals surface area contributed by atoms with Crippen LogP contribution in [0, 0.1) is 0 Å². The van der Waals surface area contributed by atoms with E-state index in [-0.39, 0.29) is 11.8 Å². The van der Waals surface area contributed by atoms with Crippen molar-refractivity contribution in [1.29, 1.82) is 0 Å². The molecule has 0 fully saturated rings. The molecule has 2 aromatic rings. The number of rotatable bonds is 4. The number of hydrogen-bond acceptors (Lipinski definition) is 3. The van der Waals surface area contributed by atoms with Crippen molar-refractivity contribution >= 4 is 35.0 Å². The molecule has 2 aromatic carbocycles. The molecule has 0 unspecified atom stereocenters. The highest BCUT2D eigenvalue weighted by Crippen LogP contribution is 2.30. The summed E-state index contributed by atoms with van der Waals surface area (Å²) in [6.45, 7) is 1.47. The zero-order chi connectivity index (χ0) is 16.9. The van der Waals surface area contributed by atoms with Gasteiger partial charge in [0.2, 0.25) is 11.8 Å². The van der Waals surface area contributed by atoms with Gasteiger partial charge < -0.3 is 10.6 Å². The van der Waals surface area contributed by atoms with Crippen LogP contribution in [-0.4, -0.2) is 17.6 Å². The molecule has 0 radical (unpaired) electrons.